The molecule has 0 amide bonds. The highest BCUT2D eigenvalue weighted by Crippen LogP contribution is 2.37. The van der Waals surface area contributed by atoms with Gasteiger partial charge in [-0.2, -0.15) is 0 Å². The maximum atomic E-state index is 13.2. The third kappa shape index (κ3) is 2.09. The molecule has 17 heavy (non-hydrogen) atoms. The van der Waals surface area contributed by atoms with E-state index in [-0.39, 0.29) is 5.82 Å². The molecule has 2 N–H and O–H groups in total. The summed E-state index contributed by atoms with van der Waals surface area (Å²) in [4.78, 5) is 2.52. The number of fused-ring (bicyclic) bond motifs is 1. The van der Waals surface area contributed by atoms with Gasteiger partial charge in [0.2, 0.25) is 0 Å². The van der Waals surface area contributed by atoms with Gasteiger partial charge in [0, 0.05) is 25.2 Å². The first-order chi connectivity index (χ1) is 8.24. The molecule has 1 aromatic carbocycles. The number of hydrogen-bond donors (Lipinski definition) is 1. The highest BCUT2D eigenvalue weighted by Gasteiger charge is 2.30. The number of likely N-dealkylation sites (tertiary alicyclic amines) is 1. The van der Waals surface area contributed by atoms with Crippen LogP contribution < -0.4 is 5.73 Å². The lowest BCUT2D eigenvalue weighted by Crippen LogP contribution is -2.41. The van der Waals surface area contributed by atoms with E-state index in [1.807, 2.05) is 6.07 Å². The van der Waals surface area contributed by atoms with E-state index >= 15 is 0 Å². The van der Waals surface area contributed by atoms with Crippen LogP contribution in [0.25, 0.3) is 0 Å². The Labute approximate surface area is 102 Å². The van der Waals surface area contributed by atoms with Crippen LogP contribution in [0.1, 0.15) is 36.4 Å². The minimum Gasteiger partial charge on any atom is -0.328 e. The second-order valence-electron chi connectivity index (χ2n) is 5.27. The van der Waals surface area contributed by atoms with Crippen LogP contribution in [-0.4, -0.2) is 24.0 Å². The third-order valence-corrected chi connectivity index (χ3v) is 4.17. The topological polar surface area (TPSA) is 29.3 Å². The van der Waals surface area contributed by atoms with Crippen molar-refractivity contribution in [2.45, 2.75) is 37.8 Å². The minimum absolute atomic E-state index is 0.106. The smallest absolute Gasteiger partial charge is 0.123 e. The van der Waals surface area contributed by atoms with E-state index in [4.69, 9.17) is 5.73 Å². The number of hydrogen-bond acceptors (Lipinski definition) is 2. The zero-order valence-corrected chi connectivity index (χ0v) is 10.0. The molecule has 1 fully saturated rings. The van der Waals surface area contributed by atoms with Crippen LogP contribution in [0.5, 0.6) is 0 Å². The summed E-state index contributed by atoms with van der Waals surface area (Å²) in [5, 5.41) is 0. The molecule has 3 heteroatoms. The van der Waals surface area contributed by atoms with Crippen molar-refractivity contribution in [2.24, 2.45) is 5.73 Å². The Morgan fingerprint density at radius 2 is 1.94 bits per heavy atom. The third-order valence-electron chi connectivity index (χ3n) is 4.17. The standard InChI is InChI=1S/C14H19FN2/c15-11-2-3-13-10(9-11)1-4-14(13)17-7-5-12(16)6-8-17/h2-3,9,12,14H,1,4-8,16H2/t14-/m1/s1. The maximum absolute atomic E-state index is 13.2. The second kappa shape index (κ2) is 4.39. The molecule has 1 saturated heterocycles. The van der Waals surface area contributed by atoms with Crippen molar-refractivity contribution >= 4 is 0 Å². The summed E-state index contributed by atoms with van der Waals surface area (Å²) >= 11 is 0. The molecular weight excluding hydrogens is 215 g/mol. The minimum atomic E-state index is -0.106. The van der Waals surface area contributed by atoms with E-state index in [9.17, 15) is 4.39 Å². The Kier molecular flexibility index (Phi) is 2.89. The zero-order valence-electron chi connectivity index (χ0n) is 10.0. The van der Waals surface area contributed by atoms with Crippen LogP contribution in [0.3, 0.4) is 0 Å². The maximum Gasteiger partial charge on any atom is 0.123 e. The fourth-order valence-electron chi connectivity index (χ4n) is 3.17. The van der Waals surface area contributed by atoms with Crippen LogP contribution >= 0.6 is 0 Å². The summed E-state index contributed by atoms with van der Waals surface area (Å²) in [6.45, 7) is 2.17. The van der Waals surface area contributed by atoms with Gasteiger partial charge >= 0.3 is 0 Å². The van der Waals surface area contributed by atoms with Crippen LogP contribution in [0.15, 0.2) is 18.2 Å². The molecule has 1 aliphatic carbocycles. The summed E-state index contributed by atoms with van der Waals surface area (Å²) in [6, 6.07) is 6.13. The number of aryl methyl sites for hydroxylation is 1. The molecule has 1 heterocycles. The lowest BCUT2D eigenvalue weighted by molar-refractivity contribution is 0.153. The van der Waals surface area contributed by atoms with Gasteiger partial charge in [-0.25, -0.2) is 4.39 Å². The summed E-state index contributed by atoms with van der Waals surface area (Å²) in [6.07, 6.45) is 4.33. The number of rotatable bonds is 1. The summed E-state index contributed by atoms with van der Waals surface area (Å²) in [5.74, 6) is -0.106. The van der Waals surface area contributed by atoms with Gasteiger partial charge in [-0.05, 0) is 48.9 Å². The van der Waals surface area contributed by atoms with E-state index < -0.39 is 0 Å². The Bertz CT molecular complexity index is 411. The Morgan fingerprint density at radius 1 is 1.18 bits per heavy atom. The van der Waals surface area contributed by atoms with E-state index in [2.05, 4.69) is 4.90 Å². The predicted octanol–water partition coefficient (Wildman–Crippen LogP) is 2.24. The largest absolute Gasteiger partial charge is 0.328 e. The Hall–Kier alpha value is -0.930. The van der Waals surface area contributed by atoms with Crippen LogP contribution in [0.4, 0.5) is 4.39 Å². The molecule has 0 spiro atoms. The van der Waals surface area contributed by atoms with Crippen molar-refractivity contribution in [3.8, 4) is 0 Å². The van der Waals surface area contributed by atoms with E-state index in [0.29, 0.717) is 12.1 Å². The zero-order chi connectivity index (χ0) is 11.8. The van der Waals surface area contributed by atoms with E-state index in [0.717, 1.165) is 38.8 Å². The van der Waals surface area contributed by atoms with Crippen molar-refractivity contribution in [2.75, 3.05) is 13.1 Å². The first-order valence-electron chi connectivity index (χ1n) is 6.52. The molecule has 0 unspecified atom stereocenters. The molecule has 3 rings (SSSR count). The number of piperidine rings is 1. The van der Waals surface area contributed by atoms with Gasteiger partial charge in [0.25, 0.3) is 0 Å². The molecular formula is C14H19FN2. The van der Waals surface area contributed by atoms with Gasteiger partial charge in [-0.15, -0.1) is 0 Å². The SMILES string of the molecule is NC1CCN([C@@H]2CCc3cc(F)ccc32)CC1. The summed E-state index contributed by atoms with van der Waals surface area (Å²) < 4.78 is 13.2. The molecule has 0 bridgehead atoms. The van der Waals surface area contributed by atoms with Crippen molar-refractivity contribution in [1.82, 2.24) is 4.90 Å². The highest BCUT2D eigenvalue weighted by molar-refractivity contribution is 5.35. The molecule has 1 atom stereocenters. The molecule has 2 aliphatic rings. The number of nitrogens with two attached hydrogens (primary N) is 1. The monoisotopic (exact) mass is 234 g/mol. The van der Waals surface area contributed by atoms with Crippen LogP contribution in [0.2, 0.25) is 0 Å². The average molecular weight is 234 g/mol. The number of benzene rings is 1. The van der Waals surface area contributed by atoms with E-state index in [1.54, 1.807) is 12.1 Å². The molecule has 0 saturated carbocycles. The van der Waals surface area contributed by atoms with Gasteiger partial charge in [0.05, 0.1) is 0 Å². The molecule has 0 aromatic heterocycles. The van der Waals surface area contributed by atoms with Crippen molar-refractivity contribution in [1.29, 1.82) is 0 Å². The normalized spacial score (nSPS) is 26.1. The molecule has 0 radical (unpaired) electrons. The molecule has 1 aliphatic heterocycles. The van der Waals surface area contributed by atoms with Gasteiger partial charge in [-0.3, -0.25) is 4.90 Å². The highest BCUT2D eigenvalue weighted by atomic mass is 19.1. The van der Waals surface area contributed by atoms with Gasteiger partial charge < -0.3 is 5.73 Å². The lowest BCUT2D eigenvalue weighted by atomic mass is 10.0. The average Bonchev–Trinajstić information content (AvgIpc) is 2.73. The van der Waals surface area contributed by atoms with Crippen molar-refractivity contribution < 1.29 is 4.39 Å². The molecule has 92 valence electrons. The van der Waals surface area contributed by atoms with Crippen LogP contribution in [-0.2, 0) is 6.42 Å². The van der Waals surface area contributed by atoms with Crippen molar-refractivity contribution in [3.05, 3.63) is 35.1 Å². The number of nitrogens with zero attached hydrogens (tertiary/aromatic N) is 1. The quantitative estimate of drug-likeness (QED) is 0.807. The second-order valence-corrected chi connectivity index (χ2v) is 5.27. The van der Waals surface area contributed by atoms with Gasteiger partial charge in [0.15, 0.2) is 0 Å². The van der Waals surface area contributed by atoms with Crippen LogP contribution in [0, 0.1) is 5.82 Å². The first-order valence-corrected chi connectivity index (χ1v) is 6.52. The first kappa shape index (κ1) is 11.2. The van der Waals surface area contributed by atoms with E-state index in [1.165, 1.54) is 11.1 Å². The summed E-state index contributed by atoms with van der Waals surface area (Å²) in [5.41, 5.74) is 8.47. The lowest BCUT2D eigenvalue weighted by Gasteiger charge is -2.35. The van der Waals surface area contributed by atoms with Crippen molar-refractivity contribution in [3.63, 3.8) is 0 Å². The molecule has 1 aromatic rings. The molecule has 2 nitrogen and oxygen atoms in total. The predicted molar refractivity (Wildman–Crippen MR) is 66.2 cm³/mol. The Balaban J connectivity index is 1.79. The fraction of sp³-hybridized carbons (Fsp3) is 0.571. The van der Waals surface area contributed by atoms with Gasteiger partial charge in [-0.1, -0.05) is 6.07 Å². The Morgan fingerprint density at radius 3 is 2.71 bits per heavy atom. The fourth-order valence-corrected chi connectivity index (χ4v) is 3.17. The van der Waals surface area contributed by atoms with Gasteiger partial charge in [0.1, 0.15) is 5.82 Å². The number of halogens is 1. The summed E-state index contributed by atoms with van der Waals surface area (Å²) in [7, 11) is 0.